The molecule has 0 aliphatic rings. The molecule has 5 amide bonds. The monoisotopic (exact) mass is 892 g/mol. The first-order chi connectivity index (χ1) is 31.9. The Hall–Kier alpha value is -7.74. The number of nitrogens with one attached hydrogen (secondary N) is 5. The van der Waals surface area contributed by atoms with Crippen molar-refractivity contribution in [1.82, 2.24) is 26.6 Å². The summed E-state index contributed by atoms with van der Waals surface area (Å²) >= 11 is 0. The largest absolute Gasteiger partial charge is 0.444 e. The minimum Gasteiger partial charge on any atom is -0.444 e. The van der Waals surface area contributed by atoms with Crippen LogP contribution in [0.25, 0.3) is 21.5 Å². The first-order valence-corrected chi connectivity index (χ1v) is 21.9. The molecule has 0 aliphatic heterocycles. The number of ether oxygens (including phenoxy) is 3. The number of carbonyl (C=O) groups excluding carboxylic acids is 5. The smallest absolute Gasteiger partial charge is 0.414 e. The van der Waals surface area contributed by atoms with Crippen LogP contribution < -0.4 is 26.6 Å². The van der Waals surface area contributed by atoms with Crippen LogP contribution in [0.5, 0.6) is 0 Å². The molecule has 6 aromatic carbocycles. The van der Waals surface area contributed by atoms with Gasteiger partial charge in [0.1, 0.15) is 30.9 Å². The van der Waals surface area contributed by atoms with Crippen molar-refractivity contribution in [3.8, 4) is 0 Å². The third-order valence-electron chi connectivity index (χ3n) is 10.2. The summed E-state index contributed by atoms with van der Waals surface area (Å²) in [6, 6.07) is 43.7. The molecule has 14 heteroatoms. The number of nitrogens with zero attached hydrogens (tertiary/aromatic N) is 1. The number of amides is 5. The van der Waals surface area contributed by atoms with Crippen LogP contribution in [0, 0.1) is 0 Å². The number of fused-ring (bicyclic) bond motifs is 2. The van der Waals surface area contributed by atoms with Gasteiger partial charge >= 0.3 is 18.3 Å². The summed E-state index contributed by atoms with van der Waals surface area (Å²) in [7, 11) is 0. The van der Waals surface area contributed by atoms with Crippen LogP contribution in [-0.4, -0.2) is 66.8 Å². The van der Waals surface area contributed by atoms with E-state index in [2.05, 4.69) is 37.6 Å². The lowest BCUT2D eigenvalue weighted by Gasteiger charge is -2.25. The number of carbonyl (C=O) groups is 5. The van der Waals surface area contributed by atoms with Crippen molar-refractivity contribution >= 4 is 57.6 Å². The maximum Gasteiger partial charge on any atom is 0.414 e. The molecular weight excluding hydrogens is 837 g/mol. The number of hydrogen-bond donors (Lipinski definition) is 5. The van der Waals surface area contributed by atoms with Crippen molar-refractivity contribution in [2.24, 2.45) is 4.99 Å². The molecule has 0 spiro atoms. The fourth-order valence-corrected chi connectivity index (χ4v) is 6.96. The van der Waals surface area contributed by atoms with Gasteiger partial charge in [-0.1, -0.05) is 146 Å². The van der Waals surface area contributed by atoms with Crippen LogP contribution in [0.3, 0.4) is 0 Å². The van der Waals surface area contributed by atoms with Crippen LogP contribution in [0.1, 0.15) is 55.9 Å². The molecule has 0 radical (unpaired) electrons. The van der Waals surface area contributed by atoms with Crippen molar-refractivity contribution in [3.63, 3.8) is 0 Å². The molecule has 66 heavy (non-hydrogen) atoms. The van der Waals surface area contributed by atoms with E-state index in [1.54, 1.807) is 45.0 Å². The minimum atomic E-state index is -1.12. The Labute approximate surface area is 384 Å². The highest BCUT2D eigenvalue weighted by atomic mass is 16.6. The third-order valence-corrected chi connectivity index (χ3v) is 10.2. The maximum atomic E-state index is 14.2. The molecule has 6 rings (SSSR count). The van der Waals surface area contributed by atoms with Gasteiger partial charge < -0.3 is 30.2 Å². The van der Waals surface area contributed by atoms with Gasteiger partial charge in [-0.2, -0.15) is 0 Å². The summed E-state index contributed by atoms with van der Waals surface area (Å²) in [5.74, 6) is -1.28. The molecule has 14 nitrogen and oxygen atoms in total. The summed E-state index contributed by atoms with van der Waals surface area (Å²) in [6.45, 7) is 5.41. The van der Waals surface area contributed by atoms with Gasteiger partial charge in [0.25, 0.3) is 0 Å². The van der Waals surface area contributed by atoms with E-state index in [-0.39, 0.29) is 51.5 Å². The molecule has 0 saturated heterocycles. The van der Waals surface area contributed by atoms with Crippen LogP contribution in [0.4, 0.5) is 14.4 Å². The number of alkyl carbamates (subject to hydrolysis) is 3. The molecule has 0 aliphatic carbocycles. The van der Waals surface area contributed by atoms with E-state index in [9.17, 15) is 24.0 Å². The summed E-state index contributed by atoms with van der Waals surface area (Å²) in [4.78, 5) is 71.5. The van der Waals surface area contributed by atoms with Crippen molar-refractivity contribution in [1.29, 1.82) is 0 Å². The molecule has 0 saturated carbocycles. The lowest BCUT2D eigenvalue weighted by molar-refractivity contribution is -0.130. The second kappa shape index (κ2) is 23.8. The quantitative estimate of drug-likeness (QED) is 0.0262. The Morgan fingerprint density at radius 1 is 0.545 bits per heavy atom. The van der Waals surface area contributed by atoms with Crippen molar-refractivity contribution in [2.75, 3.05) is 13.1 Å². The normalized spacial score (nSPS) is 11.9. The summed E-state index contributed by atoms with van der Waals surface area (Å²) in [6.07, 6.45) is -1.57. The van der Waals surface area contributed by atoms with E-state index in [0.29, 0.717) is 6.42 Å². The molecule has 342 valence electrons. The summed E-state index contributed by atoms with van der Waals surface area (Å²) < 4.78 is 16.2. The Morgan fingerprint density at radius 3 is 1.62 bits per heavy atom. The van der Waals surface area contributed by atoms with Crippen LogP contribution >= 0.6 is 0 Å². The average Bonchev–Trinajstić information content (AvgIpc) is 3.30. The fraction of sp³-hybridized carbons (Fsp3) is 0.269. The van der Waals surface area contributed by atoms with E-state index in [4.69, 9.17) is 14.2 Å². The SMILES string of the molecule is CC(C)(C)OC(=O)N[C@H](Cc1ccc2ccccc2c1)C(=O)N[C@@H](CCCN=C(NC(=O)OCc1ccccc1)NC(=O)OCc1ccccc1)C(=O)NCCc1ccc2ccccc2c1. The lowest BCUT2D eigenvalue weighted by Crippen LogP contribution is -2.55. The van der Waals surface area contributed by atoms with Crippen LogP contribution in [-0.2, 0) is 49.9 Å². The lowest BCUT2D eigenvalue weighted by atomic mass is 10.0. The summed E-state index contributed by atoms with van der Waals surface area (Å²) in [5, 5.41) is 17.7. The predicted molar refractivity (Wildman–Crippen MR) is 254 cm³/mol. The Morgan fingerprint density at radius 2 is 1.06 bits per heavy atom. The second-order valence-corrected chi connectivity index (χ2v) is 16.6. The number of guanidine groups is 1. The van der Waals surface area contributed by atoms with Crippen molar-refractivity contribution < 1.29 is 38.2 Å². The highest BCUT2D eigenvalue weighted by molar-refractivity contribution is 6.01. The molecular formula is C52H56N6O8. The maximum absolute atomic E-state index is 14.2. The number of aliphatic imine (C=N–C) groups is 1. The Kier molecular flexibility index (Phi) is 17.2. The average molecular weight is 893 g/mol. The standard InChI is InChI=1S/C52H56N6O8/c1-52(2,3)66-51(63)56-45(33-39-25-27-41-20-11-13-22-43(41)32-39)47(60)55-44(46(59)53-30-28-36-24-26-40-19-10-12-21-42(40)31-36)23-14-29-54-48(57-49(61)64-34-37-15-6-4-7-16-37)58-50(62)65-35-38-17-8-5-9-18-38/h4-13,15-22,24-27,31-32,44-45H,14,23,28-30,33-35H2,1-3H3,(H,53,59)(H,55,60)(H,56,63)(H2,54,57,58,61,62)/t44-,45+/m0/s1. The second-order valence-electron chi connectivity index (χ2n) is 16.6. The van der Waals surface area contributed by atoms with Crippen LogP contribution in [0.15, 0.2) is 151 Å². The molecule has 2 atom stereocenters. The first-order valence-electron chi connectivity index (χ1n) is 21.9. The minimum absolute atomic E-state index is 0.000675. The molecule has 0 unspecified atom stereocenters. The zero-order valence-electron chi connectivity index (χ0n) is 37.4. The van der Waals surface area contributed by atoms with Gasteiger partial charge in [-0.05, 0) is 83.8 Å². The highest BCUT2D eigenvalue weighted by Crippen LogP contribution is 2.18. The molecule has 0 aromatic heterocycles. The van der Waals surface area contributed by atoms with Gasteiger partial charge in [0.05, 0.1) is 0 Å². The van der Waals surface area contributed by atoms with E-state index in [0.717, 1.165) is 43.8 Å². The van der Waals surface area contributed by atoms with Gasteiger partial charge in [0, 0.05) is 19.5 Å². The summed E-state index contributed by atoms with van der Waals surface area (Å²) in [5.41, 5.74) is 2.49. The van der Waals surface area contributed by atoms with Crippen molar-refractivity contribution in [2.45, 2.75) is 77.4 Å². The van der Waals surface area contributed by atoms with E-state index >= 15 is 0 Å². The number of hydrogen-bond acceptors (Lipinski definition) is 9. The first kappa shape index (κ1) is 47.7. The Bertz CT molecular complexity index is 2560. The van der Waals surface area contributed by atoms with E-state index in [1.807, 2.05) is 115 Å². The van der Waals surface area contributed by atoms with Crippen molar-refractivity contribution in [3.05, 3.63) is 168 Å². The predicted octanol–water partition coefficient (Wildman–Crippen LogP) is 8.26. The number of rotatable bonds is 17. The highest BCUT2D eigenvalue weighted by Gasteiger charge is 2.29. The Balaban J connectivity index is 1.17. The van der Waals surface area contributed by atoms with E-state index < -0.39 is 47.8 Å². The van der Waals surface area contributed by atoms with Gasteiger partial charge in [-0.3, -0.25) is 25.2 Å². The van der Waals surface area contributed by atoms with Gasteiger partial charge in [-0.25, -0.2) is 14.4 Å². The van der Waals surface area contributed by atoms with E-state index in [1.165, 1.54) is 0 Å². The topological polar surface area (TPSA) is 186 Å². The number of benzene rings is 6. The van der Waals surface area contributed by atoms with Gasteiger partial charge in [0.15, 0.2) is 0 Å². The fourth-order valence-electron chi connectivity index (χ4n) is 6.96. The molecule has 0 bridgehead atoms. The van der Waals surface area contributed by atoms with Crippen LogP contribution in [0.2, 0.25) is 0 Å². The zero-order chi connectivity index (χ0) is 46.7. The van der Waals surface area contributed by atoms with Gasteiger partial charge in [0.2, 0.25) is 17.8 Å². The molecule has 0 heterocycles. The zero-order valence-corrected chi connectivity index (χ0v) is 37.4. The molecule has 6 aromatic rings. The van der Waals surface area contributed by atoms with Gasteiger partial charge in [-0.15, -0.1) is 0 Å². The third kappa shape index (κ3) is 15.8. The molecule has 5 N–H and O–H groups in total. The molecule has 0 fully saturated rings.